The second kappa shape index (κ2) is 1.37. The Morgan fingerprint density at radius 2 is 2.36 bits per heavy atom. The van der Waals surface area contributed by atoms with Gasteiger partial charge in [-0.2, -0.15) is 0 Å². The molecule has 1 aliphatic carbocycles. The van der Waals surface area contributed by atoms with Gasteiger partial charge in [-0.05, 0) is 26.2 Å². The molecule has 3 rings (SSSR count). The molecule has 3 aliphatic rings. The van der Waals surface area contributed by atoms with Gasteiger partial charge in [0.25, 0.3) is 0 Å². The topological polar surface area (TPSA) is 3.01 Å². The Kier molecular flexibility index (Phi) is 0.759. The number of hydrogen-bond acceptors (Lipinski definition) is 1. The van der Waals surface area contributed by atoms with Crippen molar-refractivity contribution in [1.29, 1.82) is 0 Å². The highest BCUT2D eigenvalue weighted by Gasteiger charge is 2.76. The summed E-state index contributed by atoms with van der Waals surface area (Å²) >= 11 is 0. The molecule has 0 aromatic rings. The third-order valence-electron chi connectivity index (χ3n) is 4.34. The zero-order valence-corrected chi connectivity index (χ0v) is 7.46. The predicted octanol–water partition coefficient (Wildman–Crippen LogP) is 2.00. The molecular weight excluding hydrogens is 134 g/mol. The van der Waals surface area contributed by atoms with Gasteiger partial charge in [-0.3, -0.25) is 0 Å². The van der Waals surface area contributed by atoms with Crippen LogP contribution in [0.15, 0.2) is 11.8 Å². The molecule has 0 aromatic carbocycles. The zero-order chi connectivity index (χ0) is 7.80. The van der Waals surface area contributed by atoms with Gasteiger partial charge >= 0.3 is 0 Å². The molecule has 0 spiro atoms. The molecule has 1 saturated carbocycles. The average molecular weight is 149 g/mol. The van der Waals surface area contributed by atoms with E-state index >= 15 is 0 Å². The number of fused-ring (bicyclic) bond motifs is 4. The molecule has 3 fully saturated rings. The first-order chi connectivity index (χ1) is 5.21. The lowest BCUT2D eigenvalue weighted by atomic mass is 9.55. The standard InChI is InChI=1S/C10H15N/c1-4-8-9-7-5-6(2)10(7,3)11(8)9/h4,6-7,9H,5H2,1-3H3/b8-4-/t6?,7?,9-,10?,11?/m1/s1. The van der Waals surface area contributed by atoms with Crippen molar-refractivity contribution in [3.8, 4) is 0 Å². The summed E-state index contributed by atoms with van der Waals surface area (Å²) in [5.41, 5.74) is 2.22. The van der Waals surface area contributed by atoms with Crippen LogP contribution in [-0.2, 0) is 0 Å². The van der Waals surface area contributed by atoms with Gasteiger partial charge < -0.3 is 4.90 Å². The molecule has 60 valence electrons. The van der Waals surface area contributed by atoms with Gasteiger partial charge in [0.2, 0.25) is 0 Å². The van der Waals surface area contributed by atoms with Crippen LogP contribution in [0, 0.1) is 11.8 Å². The van der Waals surface area contributed by atoms with Crippen LogP contribution < -0.4 is 0 Å². The summed E-state index contributed by atoms with van der Waals surface area (Å²) in [6.07, 6.45) is 3.76. The predicted molar refractivity (Wildman–Crippen MR) is 45.1 cm³/mol. The number of nitrogens with zero attached hydrogens (tertiary/aromatic N) is 1. The highest BCUT2D eigenvalue weighted by Crippen LogP contribution is 2.71. The maximum atomic E-state index is 2.62. The lowest BCUT2D eigenvalue weighted by molar-refractivity contribution is -0.108. The van der Waals surface area contributed by atoms with Crippen LogP contribution in [0.25, 0.3) is 0 Å². The zero-order valence-electron chi connectivity index (χ0n) is 7.46. The van der Waals surface area contributed by atoms with E-state index in [-0.39, 0.29) is 0 Å². The second-order valence-corrected chi connectivity index (χ2v) is 4.50. The first-order valence-electron chi connectivity index (χ1n) is 4.66. The molecule has 2 aliphatic heterocycles. The lowest BCUT2D eigenvalue weighted by Crippen LogP contribution is -2.67. The van der Waals surface area contributed by atoms with Crippen molar-refractivity contribution in [2.24, 2.45) is 11.8 Å². The van der Waals surface area contributed by atoms with Crippen molar-refractivity contribution >= 4 is 0 Å². The van der Waals surface area contributed by atoms with Crippen LogP contribution in [0.4, 0.5) is 0 Å². The first kappa shape index (κ1) is 6.10. The first-order valence-corrected chi connectivity index (χ1v) is 4.66. The van der Waals surface area contributed by atoms with Crippen molar-refractivity contribution in [3.63, 3.8) is 0 Å². The lowest BCUT2D eigenvalue weighted by Gasteiger charge is -2.61. The Balaban J connectivity index is 1.95. The molecule has 2 heterocycles. The van der Waals surface area contributed by atoms with Crippen molar-refractivity contribution < 1.29 is 0 Å². The molecule has 11 heavy (non-hydrogen) atoms. The third-order valence-corrected chi connectivity index (χ3v) is 4.34. The van der Waals surface area contributed by atoms with Gasteiger partial charge in [-0.1, -0.05) is 13.0 Å². The third kappa shape index (κ3) is 0.385. The number of piperidine rings is 1. The van der Waals surface area contributed by atoms with E-state index in [1.807, 2.05) is 0 Å². The highest BCUT2D eigenvalue weighted by atomic mass is 15.5. The summed E-state index contributed by atoms with van der Waals surface area (Å²) in [4.78, 5) is 2.62. The normalized spacial score (nSPS) is 61.2. The van der Waals surface area contributed by atoms with Crippen molar-refractivity contribution in [3.05, 3.63) is 11.8 Å². The fourth-order valence-corrected chi connectivity index (χ4v) is 3.35. The number of rotatable bonds is 0. The maximum Gasteiger partial charge on any atom is 0.0741 e. The SMILES string of the molecule is C/C=C1/[C@H]2C3CC(C)C3(C)N12. The van der Waals surface area contributed by atoms with E-state index in [2.05, 4.69) is 31.7 Å². The van der Waals surface area contributed by atoms with E-state index in [1.165, 1.54) is 6.42 Å². The Morgan fingerprint density at radius 1 is 1.64 bits per heavy atom. The minimum Gasteiger partial charge on any atom is -0.358 e. The number of allylic oxidation sites excluding steroid dienone is 1. The van der Waals surface area contributed by atoms with E-state index in [4.69, 9.17) is 0 Å². The van der Waals surface area contributed by atoms with Crippen LogP contribution in [0.1, 0.15) is 27.2 Å². The van der Waals surface area contributed by atoms with Gasteiger partial charge in [0.05, 0.1) is 6.04 Å². The molecule has 0 radical (unpaired) electrons. The van der Waals surface area contributed by atoms with Crippen LogP contribution >= 0.6 is 0 Å². The highest BCUT2D eigenvalue weighted by molar-refractivity contribution is 5.45. The van der Waals surface area contributed by atoms with Gasteiger partial charge in [0.15, 0.2) is 0 Å². The quantitative estimate of drug-likeness (QED) is 0.476. The average Bonchev–Trinajstić information content (AvgIpc) is 2.69. The Morgan fingerprint density at radius 3 is 2.82 bits per heavy atom. The van der Waals surface area contributed by atoms with Crippen LogP contribution in [0.5, 0.6) is 0 Å². The van der Waals surface area contributed by atoms with Gasteiger partial charge in [-0.25, -0.2) is 0 Å². The van der Waals surface area contributed by atoms with Gasteiger partial charge in [-0.15, -0.1) is 0 Å². The minimum absolute atomic E-state index is 0.590. The minimum atomic E-state index is 0.590. The van der Waals surface area contributed by atoms with E-state index < -0.39 is 0 Å². The summed E-state index contributed by atoms with van der Waals surface area (Å²) in [5, 5.41) is 0. The Hall–Kier alpha value is -0.460. The number of hydrogen-bond donors (Lipinski definition) is 0. The molecule has 0 amide bonds. The summed E-state index contributed by atoms with van der Waals surface area (Å²) < 4.78 is 0. The largest absolute Gasteiger partial charge is 0.358 e. The fraction of sp³-hybridized carbons (Fsp3) is 0.800. The van der Waals surface area contributed by atoms with Crippen LogP contribution in [0.2, 0.25) is 0 Å². The van der Waals surface area contributed by atoms with Gasteiger partial charge in [0, 0.05) is 17.2 Å². The fourth-order valence-electron chi connectivity index (χ4n) is 3.35. The summed E-state index contributed by atoms with van der Waals surface area (Å²) in [6.45, 7) is 6.98. The van der Waals surface area contributed by atoms with Crippen LogP contribution in [-0.4, -0.2) is 16.5 Å². The van der Waals surface area contributed by atoms with Crippen molar-refractivity contribution in [1.82, 2.24) is 4.90 Å². The monoisotopic (exact) mass is 149 g/mol. The Labute approximate surface area is 68.1 Å². The molecule has 0 bridgehead atoms. The maximum absolute atomic E-state index is 2.62. The van der Waals surface area contributed by atoms with Crippen molar-refractivity contribution in [2.75, 3.05) is 0 Å². The molecule has 1 heteroatoms. The van der Waals surface area contributed by atoms with E-state index in [0.717, 1.165) is 17.9 Å². The molecule has 3 unspecified atom stereocenters. The van der Waals surface area contributed by atoms with Gasteiger partial charge in [0.1, 0.15) is 0 Å². The van der Waals surface area contributed by atoms with Crippen molar-refractivity contribution in [2.45, 2.75) is 38.8 Å². The molecule has 2 saturated heterocycles. The van der Waals surface area contributed by atoms with Crippen LogP contribution in [0.3, 0.4) is 0 Å². The molecule has 0 N–H and O–H groups in total. The second-order valence-electron chi connectivity index (χ2n) is 4.50. The Bertz CT molecular complexity index is 256. The summed E-state index contributed by atoms with van der Waals surface area (Å²) in [5.74, 6) is 1.95. The smallest absolute Gasteiger partial charge is 0.0741 e. The summed E-state index contributed by atoms with van der Waals surface area (Å²) in [6, 6.07) is 0.890. The van der Waals surface area contributed by atoms with E-state index in [1.54, 1.807) is 5.70 Å². The molecule has 0 aromatic heterocycles. The molecular formula is C10H15N. The molecule has 1 nitrogen and oxygen atoms in total. The summed E-state index contributed by atoms with van der Waals surface area (Å²) in [7, 11) is 0. The van der Waals surface area contributed by atoms with E-state index in [9.17, 15) is 0 Å². The molecule has 4 atom stereocenters. The van der Waals surface area contributed by atoms with E-state index in [0.29, 0.717) is 5.54 Å².